The third-order valence-electron chi connectivity index (χ3n) is 3.85. The first-order valence-electron chi connectivity index (χ1n) is 7.39. The molecule has 1 heterocycles. The fraction of sp³-hybridized carbons (Fsp3) is 0.600. The molecule has 1 aromatic rings. The highest BCUT2D eigenvalue weighted by molar-refractivity contribution is 7.89. The van der Waals surface area contributed by atoms with Gasteiger partial charge in [-0.3, -0.25) is 4.84 Å². The molecule has 0 bridgehead atoms. The fourth-order valence-corrected chi connectivity index (χ4v) is 3.76. The minimum atomic E-state index is -3.62. The van der Waals surface area contributed by atoms with Gasteiger partial charge < -0.3 is 4.90 Å². The van der Waals surface area contributed by atoms with E-state index in [4.69, 9.17) is 4.84 Å². The summed E-state index contributed by atoms with van der Waals surface area (Å²) in [6, 6.07) is 5.27. The molecule has 0 amide bonds. The molecule has 1 atom stereocenters. The van der Waals surface area contributed by atoms with Crippen LogP contribution in [0.1, 0.15) is 30.9 Å². The van der Waals surface area contributed by atoms with Crippen LogP contribution in [0.4, 0.5) is 0 Å². The van der Waals surface area contributed by atoms with Crippen molar-refractivity contribution in [3.8, 4) is 0 Å². The van der Waals surface area contributed by atoms with Crippen molar-refractivity contribution in [2.45, 2.75) is 44.6 Å². The summed E-state index contributed by atoms with van der Waals surface area (Å²) in [6.07, 6.45) is 1.83. The minimum absolute atomic E-state index is 0.0840. The van der Waals surface area contributed by atoms with E-state index in [0.29, 0.717) is 0 Å². The molecule has 0 aliphatic carbocycles. The summed E-state index contributed by atoms with van der Waals surface area (Å²) in [6.45, 7) is 8.62. The van der Waals surface area contributed by atoms with Crippen molar-refractivity contribution in [2.75, 3.05) is 19.6 Å². The van der Waals surface area contributed by atoms with Crippen molar-refractivity contribution in [2.24, 2.45) is 0 Å². The molecule has 1 aromatic carbocycles. The highest BCUT2D eigenvalue weighted by Gasteiger charge is 2.23. The molecule has 1 unspecified atom stereocenters. The number of rotatable bonds is 5. The average Bonchev–Trinajstić information content (AvgIpc) is 2.45. The Balaban J connectivity index is 2.01. The van der Waals surface area contributed by atoms with E-state index < -0.39 is 10.0 Å². The average molecular weight is 312 g/mol. The Labute approximate surface area is 127 Å². The number of likely N-dealkylation sites (tertiary alicyclic amines) is 1. The van der Waals surface area contributed by atoms with Gasteiger partial charge in [0.1, 0.15) is 0 Å². The summed E-state index contributed by atoms with van der Waals surface area (Å²) in [4.78, 5) is 10.3. The number of sulfonamides is 1. The van der Waals surface area contributed by atoms with Crippen molar-refractivity contribution in [1.29, 1.82) is 0 Å². The van der Waals surface area contributed by atoms with E-state index >= 15 is 0 Å². The summed E-state index contributed by atoms with van der Waals surface area (Å²) >= 11 is 0. The van der Waals surface area contributed by atoms with Gasteiger partial charge in [-0.25, -0.2) is 8.42 Å². The number of aryl methyl sites for hydroxylation is 2. The van der Waals surface area contributed by atoms with Gasteiger partial charge in [-0.15, -0.1) is 0 Å². The molecule has 1 aliphatic rings. The van der Waals surface area contributed by atoms with E-state index in [9.17, 15) is 8.42 Å². The van der Waals surface area contributed by atoms with Crippen LogP contribution in [0.2, 0.25) is 0 Å². The maximum Gasteiger partial charge on any atom is 0.262 e. The molecule has 1 aliphatic heterocycles. The lowest BCUT2D eigenvalue weighted by Gasteiger charge is -2.31. The van der Waals surface area contributed by atoms with Crippen LogP contribution in [0.3, 0.4) is 0 Å². The topological polar surface area (TPSA) is 58.6 Å². The second-order valence-electron chi connectivity index (χ2n) is 5.63. The lowest BCUT2D eigenvalue weighted by molar-refractivity contribution is -0.0258. The van der Waals surface area contributed by atoms with Crippen LogP contribution in [-0.4, -0.2) is 39.1 Å². The second-order valence-corrected chi connectivity index (χ2v) is 7.24. The van der Waals surface area contributed by atoms with Gasteiger partial charge in [-0.1, -0.05) is 29.5 Å². The zero-order valence-electron chi connectivity index (χ0n) is 12.9. The molecule has 2 rings (SSSR count). The SMILES string of the molecule is CCN1CCCC(ONS(=O)(=O)c2ccc(C)cc2C)C1. The van der Waals surface area contributed by atoms with Crippen LogP contribution in [-0.2, 0) is 14.9 Å². The lowest BCUT2D eigenvalue weighted by atomic mass is 10.1. The van der Waals surface area contributed by atoms with Crippen molar-refractivity contribution in [1.82, 2.24) is 9.79 Å². The zero-order chi connectivity index (χ0) is 15.5. The van der Waals surface area contributed by atoms with Gasteiger partial charge >= 0.3 is 0 Å². The highest BCUT2D eigenvalue weighted by atomic mass is 32.2. The largest absolute Gasteiger partial charge is 0.301 e. The fourth-order valence-electron chi connectivity index (χ4n) is 2.67. The summed E-state index contributed by atoms with van der Waals surface area (Å²) in [5.41, 5.74) is 1.77. The number of nitrogens with one attached hydrogen (secondary N) is 1. The maximum absolute atomic E-state index is 12.3. The Bertz CT molecular complexity index is 587. The number of piperidine rings is 1. The van der Waals surface area contributed by atoms with Crippen molar-refractivity contribution in [3.05, 3.63) is 29.3 Å². The Morgan fingerprint density at radius 1 is 1.38 bits per heavy atom. The first kappa shape index (κ1) is 16.4. The Kier molecular flexibility index (Phi) is 5.37. The van der Waals surface area contributed by atoms with Gasteiger partial charge in [0.25, 0.3) is 10.0 Å². The number of hydrogen-bond donors (Lipinski definition) is 1. The van der Waals surface area contributed by atoms with E-state index in [1.54, 1.807) is 19.1 Å². The quantitative estimate of drug-likeness (QED) is 0.845. The molecule has 118 valence electrons. The van der Waals surface area contributed by atoms with Gasteiger partial charge in [0.2, 0.25) is 0 Å². The Hall–Kier alpha value is -0.950. The van der Waals surface area contributed by atoms with Gasteiger partial charge in [0, 0.05) is 6.54 Å². The minimum Gasteiger partial charge on any atom is -0.301 e. The van der Waals surface area contributed by atoms with E-state index in [2.05, 4.69) is 16.7 Å². The van der Waals surface area contributed by atoms with E-state index in [1.807, 2.05) is 13.0 Å². The van der Waals surface area contributed by atoms with Gasteiger partial charge in [0.05, 0.1) is 11.0 Å². The molecule has 0 radical (unpaired) electrons. The number of hydrogen-bond acceptors (Lipinski definition) is 4. The highest BCUT2D eigenvalue weighted by Crippen LogP contribution is 2.17. The van der Waals surface area contributed by atoms with E-state index in [1.165, 1.54) is 0 Å². The molecule has 0 saturated carbocycles. The third-order valence-corrected chi connectivity index (χ3v) is 5.21. The summed E-state index contributed by atoms with van der Waals surface area (Å²) in [5.74, 6) is 0. The summed E-state index contributed by atoms with van der Waals surface area (Å²) in [7, 11) is -3.62. The van der Waals surface area contributed by atoms with Gasteiger partial charge in [-0.05, 0) is 51.4 Å². The third kappa shape index (κ3) is 4.26. The molecule has 5 nitrogen and oxygen atoms in total. The second kappa shape index (κ2) is 6.87. The Morgan fingerprint density at radius 2 is 2.14 bits per heavy atom. The molecule has 0 aromatic heterocycles. The first-order valence-corrected chi connectivity index (χ1v) is 8.87. The Morgan fingerprint density at radius 3 is 2.81 bits per heavy atom. The van der Waals surface area contributed by atoms with Crippen LogP contribution in [0, 0.1) is 13.8 Å². The van der Waals surface area contributed by atoms with Crippen molar-refractivity contribution in [3.63, 3.8) is 0 Å². The number of likely N-dealkylation sites (N-methyl/N-ethyl adjacent to an activating group) is 1. The van der Waals surface area contributed by atoms with Crippen LogP contribution in [0.15, 0.2) is 23.1 Å². The van der Waals surface area contributed by atoms with Crippen LogP contribution < -0.4 is 4.89 Å². The van der Waals surface area contributed by atoms with Crippen LogP contribution in [0.25, 0.3) is 0 Å². The smallest absolute Gasteiger partial charge is 0.262 e. The lowest BCUT2D eigenvalue weighted by Crippen LogP contribution is -2.42. The van der Waals surface area contributed by atoms with Crippen molar-refractivity contribution >= 4 is 10.0 Å². The summed E-state index contributed by atoms with van der Waals surface area (Å²) in [5, 5.41) is 0. The van der Waals surface area contributed by atoms with Crippen LogP contribution in [0.5, 0.6) is 0 Å². The van der Waals surface area contributed by atoms with Crippen LogP contribution >= 0.6 is 0 Å². The predicted octanol–water partition coefficient (Wildman–Crippen LogP) is 2.00. The maximum atomic E-state index is 12.3. The monoisotopic (exact) mass is 312 g/mol. The number of nitrogens with zero attached hydrogens (tertiary/aromatic N) is 1. The van der Waals surface area contributed by atoms with Gasteiger partial charge in [-0.2, -0.15) is 0 Å². The molecular weight excluding hydrogens is 288 g/mol. The molecule has 1 fully saturated rings. The first-order chi connectivity index (χ1) is 9.92. The molecule has 1 N–H and O–H groups in total. The predicted molar refractivity (Wildman–Crippen MR) is 82.5 cm³/mol. The molecule has 1 saturated heterocycles. The molecule has 6 heteroatoms. The standard InChI is InChI=1S/C15H24N2O3S/c1-4-17-9-5-6-14(11-17)20-16-21(18,19)15-8-7-12(2)10-13(15)3/h7-8,10,14,16H,4-6,9,11H2,1-3H3. The normalized spacial score (nSPS) is 20.6. The van der Waals surface area contributed by atoms with Gasteiger partial charge in [0.15, 0.2) is 0 Å². The molecule has 21 heavy (non-hydrogen) atoms. The molecular formula is C15H24N2O3S. The van der Waals surface area contributed by atoms with E-state index in [-0.39, 0.29) is 11.0 Å². The number of benzene rings is 1. The molecule has 0 spiro atoms. The zero-order valence-corrected chi connectivity index (χ0v) is 13.7. The van der Waals surface area contributed by atoms with E-state index in [0.717, 1.165) is 43.6 Å². The summed E-state index contributed by atoms with van der Waals surface area (Å²) < 4.78 is 24.6. The van der Waals surface area contributed by atoms with Crippen molar-refractivity contribution < 1.29 is 13.3 Å².